The molecule has 0 radical (unpaired) electrons. The number of aliphatic carboxylic acids is 1. The molecule has 0 bridgehead atoms. The zero-order valence-corrected chi connectivity index (χ0v) is 18.5. The highest BCUT2D eigenvalue weighted by Gasteiger charge is 2.09. The topological polar surface area (TPSA) is 158 Å². The van der Waals surface area contributed by atoms with Gasteiger partial charge >= 0.3 is 5.97 Å². The molecule has 0 saturated heterocycles. The van der Waals surface area contributed by atoms with Crippen molar-refractivity contribution in [2.24, 2.45) is 17.2 Å². The minimum atomic E-state index is -1.05. The molecule has 1 atom stereocenters. The third-order valence-corrected chi connectivity index (χ3v) is 5.03. The molecule has 8 N–H and O–H groups in total. The fraction of sp³-hybridized carbons (Fsp3) is 0.200. The third kappa shape index (κ3) is 6.39. The van der Waals surface area contributed by atoms with Gasteiger partial charge in [-0.15, -0.1) is 0 Å². The number of aldehydes is 1. The van der Waals surface area contributed by atoms with Crippen LogP contribution in [0.25, 0.3) is 21.8 Å². The molecular weight excluding hydrogens is 420 g/mol. The molecular formula is C25H30N4O4. The Hall–Kier alpha value is -3.72. The van der Waals surface area contributed by atoms with Gasteiger partial charge in [0.15, 0.2) is 0 Å². The maximum Gasteiger partial charge on any atom is 0.321 e. The van der Waals surface area contributed by atoms with Crippen molar-refractivity contribution in [1.29, 1.82) is 0 Å². The van der Waals surface area contributed by atoms with Gasteiger partial charge in [0.05, 0.1) is 0 Å². The largest absolute Gasteiger partial charge is 0.508 e. The van der Waals surface area contributed by atoms with Crippen molar-refractivity contribution in [3.8, 4) is 5.75 Å². The number of para-hydroxylation sites is 2. The van der Waals surface area contributed by atoms with Crippen molar-refractivity contribution in [2.45, 2.75) is 26.1 Å². The number of carboxylic acid groups (broad SMARTS) is 1. The van der Waals surface area contributed by atoms with Crippen LogP contribution in [0.1, 0.15) is 22.8 Å². The molecule has 1 heterocycles. The van der Waals surface area contributed by atoms with E-state index >= 15 is 0 Å². The smallest absolute Gasteiger partial charge is 0.321 e. The van der Waals surface area contributed by atoms with Crippen molar-refractivity contribution in [3.05, 3.63) is 77.9 Å². The number of benzene rings is 3. The molecule has 8 nitrogen and oxygen atoms in total. The summed E-state index contributed by atoms with van der Waals surface area (Å²) in [5.74, 6) is -0.775. The highest BCUT2D eigenvalue weighted by Crippen LogP contribution is 2.29. The number of carboxylic acids is 1. The number of nitrogens with zero attached hydrogens (tertiary/aromatic N) is 1. The van der Waals surface area contributed by atoms with Crippen molar-refractivity contribution in [1.82, 2.24) is 4.57 Å². The number of phenols is 1. The molecule has 4 rings (SSSR count). The number of aryl methyl sites for hydroxylation is 1. The molecule has 0 saturated carbocycles. The van der Waals surface area contributed by atoms with E-state index in [-0.39, 0.29) is 12.3 Å². The van der Waals surface area contributed by atoms with Crippen molar-refractivity contribution >= 4 is 34.1 Å². The lowest BCUT2D eigenvalue weighted by Crippen LogP contribution is -2.37. The monoisotopic (exact) mass is 450 g/mol. The summed E-state index contributed by atoms with van der Waals surface area (Å²) in [6, 6.07) is 20.3. The fourth-order valence-corrected chi connectivity index (χ4v) is 3.27. The normalized spacial score (nSPS) is 11.2. The molecule has 4 aromatic rings. The van der Waals surface area contributed by atoms with E-state index in [1.807, 2.05) is 36.4 Å². The first-order valence-corrected chi connectivity index (χ1v) is 10.5. The van der Waals surface area contributed by atoms with Gasteiger partial charge in [-0.25, -0.2) is 0 Å². The van der Waals surface area contributed by atoms with Crippen LogP contribution in [0, 0.1) is 0 Å². The lowest BCUT2D eigenvalue weighted by molar-refractivity contribution is -0.138. The quantitative estimate of drug-likeness (QED) is 0.292. The maximum atomic E-state index is 10.9. The van der Waals surface area contributed by atoms with Crippen LogP contribution in [-0.2, 0) is 17.9 Å². The van der Waals surface area contributed by atoms with Crippen LogP contribution < -0.4 is 17.2 Å². The first-order valence-electron chi connectivity index (χ1n) is 10.5. The number of aromatic nitrogens is 1. The van der Waals surface area contributed by atoms with E-state index in [1.165, 1.54) is 16.4 Å². The van der Waals surface area contributed by atoms with Gasteiger partial charge in [-0.05, 0) is 37.3 Å². The molecule has 0 amide bonds. The standard InChI is InChI=1S/C15H13NO.C7H9NO.C3H8N2O2/c1-2-16-14-6-4-3-5-12(14)13-9-11(10-17)7-8-15(13)16;8-5-6-3-1-2-4-7(6)9;4-1-2(5)3(6)7/h3-10H,2H2,1H3;1-4,9H,5,8H2;2H,1,4-5H2,(H,6,7)/t;;2-/m..0/s1. The molecule has 33 heavy (non-hydrogen) atoms. The first kappa shape index (κ1) is 25.5. The number of nitrogens with two attached hydrogens (primary N) is 3. The van der Waals surface area contributed by atoms with Gasteiger partial charge in [0.1, 0.15) is 18.1 Å². The van der Waals surface area contributed by atoms with E-state index in [0.29, 0.717) is 6.54 Å². The Kier molecular flexibility index (Phi) is 9.56. The second kappa shape index (κ2) is 12.4. The van der Waals surface area contributed by atoms with Crippen LogP contribution in [-0.4, -0.2) is 39.6 Å². The Morgan fingerprint density at radius 3 is 2.15 bits per heavy atom. The summed E-state index contributed by atoms with van der Waals surface area (Å²) in [6.07, 6.45) is 0.900. The number of hydrogen-bond donors (Lipinski definition) is 5. The van der Waals surface area contributed by atoms with Crippen molar-refractivity contribution < 1.29 is 19.8 Å². The van der Waals surface area contributed by atoms with E-state index in [4.69, 9.17) is 27.4 Å². The molecule has 0 fully saturated rings. The molecule has 3 aromatic carbocycles. The molecule has 0 aliphatic carbocycles. The maximum absolute atomic E-state index is 10.9. The molecule has 0 aliphatic heterocycles. The van der Waals surface area contributed by atoms with Gasteiger partial charge in [0.25, 0.3) is 0 Å². The van der Waals surface area contributed by atoms with Crippen molar-refractivity contribution in [3.63, 3.8) is 0 Å². The summed E-state index contributed by atoms with van der Waals surface area (Å²) in [5.41, 5.74) is 19.0. The summed E-state index contributed by atoms with van der Waals surface area (Å²) >= 11 is 0. The summed E-state index contributed by atoms with van der Waals surface area (Å²) in [6.45, 7) is 3.46. The highest BCUT2D eigenvalue weighted by atomic mass is 16.4. The van der Waals surface area contributed by atoms with Gasteiger partial charge in [0, 0.05) is 52.6 Å². The first-order chi connectivity index (χ1) is 15.9. The predicted molar refractivity (Wildman–Crippen MR) is 131 cm³/mol. The van der Waals surface area contributed by atoms with E-state index in [2.05, 4.69) is 23.6 Å². The third-order valence-electron chi connectivity index (χ3n) is 5.03. The van der Waals surface area contributed by atoms with Gasteiger partial charge in [0.2, 0.25) is 0 Å². The Balaban J connectivity index is 0.000000203. The number of phenolic OH excluding ortho intramolecular Hbond substituents is 1. The minimum absolute atomic E-state index is 0.00463. The lowest BCUT2D eigenvalue weighted by Gasteiger charge is -2.02. The molecule has 8 heteroatoms. The Morgan fingerprint density at radius 2 is 1.64 bits per heavy atom. The molecule has 0 spiro atoms. The fourth-order valence-electron chi connectivity index (χ4n) is 3.27. The molecule has 174 valence electrons. The number of aromatic hydroxyl groups is 1. The Morgan fingerprint density at radius 1 is 1.00 bits per heavy atom. The Bertz CT molecular complexity index is 1220. The van der Waals surface area contributed by atoms with E-state index in [9.17, 15) is 9.59 Å². The zero-order chi connectivity index (χ0) is 24.4. The molecule has 0 aliphatic rings. The van der Waals surface area contributed by atoms with E-state index in [0.717, 1.165) is 29.3 Å². The number of rotatable bonds is 5. The molecule has 0 unspecified atom stereocenters. The van der Waals surface area contributed by atoms with E-state index < -0.39 is 12.0 Å². The average Bonchev–Trinajstić information content (AvgIpc) is 3.17. The minimum Gasteiger partial charge on any atom is -0.508 e. The summed E-state index contributed by atoms with van der Waals surface area (Å²) in [7, 11) is 0. The summed E-state index contributed by atoms with van der Waals surface area (Å²) in [4.78, 5) is 20.6. The van der Waals surface area contributed by atoms with Gasteiger partial charge in [-0.2, -0.15) is 0 Å². The predicted octanol–water partition coefficient (Wildman–Crippen LogP) is 2.83. The van der Waals surface area contributed by atoms with E-state index in [1.54, 1.807) is 18.2 Å². The number of carbonyl (C=O) groups is 2. The lowest BCUT2D eigenvalue weighted by atomic mass is 10.1. The van der Waals surface area contributed by atoms with Crippen LogP contribution in [0.5, 0.6) is 5.75 Å². The van der Waals surface area contributed by atoms with Crippen molar-refractivity contribution in [2.75, 3.05) is 6.54 Å². The second-order valence-electron chi connectivity index (χ2n) is 7.17. The molecule has 1 aromatic heterocycles. The van der Waals surface area contributed by atoms with Crippen LogP contribution in [0.3, 0.4) is 0 Å². The van der Waals surface area contributed by atoms with Crippen LogP contribution in [0.15, 0.2) is 66.7 Å². The van der Waals surface area contributed by atoms with Gasteiger partial charge < -0.3 is 32.0 Å². The summed E-state index contributed by atoms with van der Waals surface area (Å²) in [5, 5.41) is 19.4. The summed E-state index contributed by atoms with van der Waals surface area (Å²) < 4.78 is 2.28. The van der Waals surface area contributed by atoms with Crippen LogP contribution in [0.2, 0.25) is 0 Å². The Labute approximate surface area is 192 Å². The SMILES string of the molecule is CCn1c2ccccc2c2cc(C=O)ccc21.NC[C@H](N)C(=O)O.NCc1ccccc1O. The number of hydrogen-bond acceptors (Lipinski definition) is 6. The van der Waals surface area contributed by atoms with Gasteiger partial charge in [-0.1, -0.05) is 36.4 Å². The highest BCUT2D eigenvalue weighted by molar-refractivity contribution is 6.09. The zero-order valence-electron chi connectivity index (χ0n) is 18.5. The van der Waals surface area contributed by atoms with Gasteiger partial charge in [-0.3, -0.25) is 9.59 Å². The van der Waals surface area contributed by atoms with Crippen LogP contribution >= 0.6 is 0 Å². The number of carbonyl (C=O) groups excluding carboxylic acids is 1. The number of fused-ring (bicyclic) bond motifs is 3. The van der Waals surface area contributed by atoms with Crippen LogP contribution in [0.4, 0.5) is 0 Å². The average molecular weight is 451 g/mol. The second-order valence-corrected chi connectivity index (χ2v) is 7.17.